The summed E-state index contributed by atoms with van der Waals surface area (Å²) < 4.78 is 24.7. The summed E-state index contributed by atoms with van der Waals surface area (Å²) in [5.41, 5.74) is 2.15. The number of nitrogens with one attached hydrogen (secondary N) is 1. The van der Waals surface area contributed by atoms with Gasteiger partial charge in [-0.25, -0.2) is 8.42 Å². The van der Waals surface area contributed by atoms with E-state index in [1.165, 1.54) is 5.56 Å². The Kier molecular flexibility index (Phi) is 4.00. The zero-order valence-corrected chi connectivity index (χ0v) is 13.8. The van der Waals surface area contributed by atoms with Crippen molar-refractivity contribution in [3.8, 4) is 0 Å². The molecule has 1 aromatic rings. The molecule has 2 rings (SSSR count). The third kappa shape index (κ3) is 2.77. The summed E-state index contributed by atoms with van der Waals surface area (Å²) >= 11 is 0. The number of sulfone groups is 1. The van der Waals surface area contributed by atoms with E-state index in [9.17, 15) is 8.42 Å². The van der Waals surface area contributed by atoms with Crippen molar-refractivity contribution in [3.63, 3.8) is 0 Å². The Morgan fingerprint density at radius 1 is 1.30 bits per heavy atom. The molecule has 1 aliphatic rings. The van der Waals surface area contributed by atoms with Crippen molar-refractivity contribution < 1.29 is 8.42 Å². The normalized spacial score (nSPS) is 25.2. The number of fused-ring (bicyclic) bond motifs is 1. The fraction of sp³-hybridized carbons (Fsp3) is 0.625. The van der Waals surface area contributed by atoms with Gasteiger partial charge in [-0.05, 0) is 35.1 Å². The van der Waals surface area contributed by atoms with E-state index in [2.05, 4.69) is 39.1 Å². The van der Waals surface area contributed by atoms with Crippen molar-refractivity contribution in [2.75, 3.05) is 12.3 Å². The maximum absolute atomic E-state index is 12.4. The molecule has 2 atom stereocenters. The Labute approximate surface area is 122 Å². The highest BCUT2D eigenvalue weighted by molar-refractivity contribution is 7.91. The summed E-state index contributed by atoms with van der Waals surface area (Å²) in [5, 5.41) is 3.44. The second-order valence-corrected chi connectivity index (χ2v) is 8.80. The summed E-state index contributed by atoms with van der Waals surface area (Å²) in [4.78, 5) is 0.509. The lowest BCUT2D eigenvalue weighted by molar-refractivity contribution is 0.402. The molecule has 1 heterocycles. The first kappa shape index (κ1) is 15.5. The van der Waals surface area contributed by atoms with E-state index in [0.717, 1.165) is 12.1 Å². The van der Waals surface area contributed by atoms with Crippen molar-refractivity contribution in [2.45, 2.75) is 51.0 Å². The lowest BCUT2D eigenvalue weighted by Crippen LogP contribution is -2.36. The number of rotatable bonds is 2. The third-order valence-corrected chi connectivity index (χ3v) is 6.03. The summed E-state index contributed by atoms with van der Waals surface area (Å²) in [6.07, 6.45) is 0. The Hall–Kier alpha value is -0.870. The van der Waals surface area contributed by atoms with Crippen molar-refractivity contribution in [1.29, 1.82) is 0 Å². The quantitative estimate of drug-likeness (QED) is 0.912. The van der Waals surface area contributed by atoms with Crippen LogP contribution >= 0.6 is 0 Å². The lowest BCUT2D eigenvalue weighted by Gasteiger charge is -2.33. The zero-order valence-electron chi connectivity index (χ0n) is 13.0. The molecule has 2 unspecified atom stereocenters. The first-order valence-electron chi connectivity index (χ1n) is 7.27. The average Bonchev–Trinajstić information content (AvgIpc) is 2.32. The van der Waals surface area contributed by atoms with Crippen LogP contribution in [-0.4, -0.2) is 20.7 Å². The minimum atomic E-state index is -3.14. The average molecular weight is 295 g/mol. The van der Waals surface area contributed by atoms with Crippen LogP contribution in [0.3, 0.4) is 0 Å². The highest BCUT2D eigenvalue weighted by Gasteiger charge is 2.35. The van der Waals surface area contributed by atoms with Crippen LogP contribution in [0.5, 0.6) is 0 Å². The number of hydrogen-bond donors (Lipinski definition) is 1. The van der Waals surface area contributed by atoms with E-state index >= 15 is 0 Å². The molecule has 0 aliphatic carbocycles. The molecule has 0 bridgehead atoms. The molecule has 1 N–H and O–H groups in total. The van der Waals surface area contributed by atoms with Crippen LogP contribution in [-0.2, 0) is 15.3 Å². The molecule has 1 aromatic carbocycles. The molecule has 0 spiro atoms. The van der Waals surface area contributed by atoms with Gasteiger partial charge in [-0.15, -0.1) is 0 Å². The molecule has 3 nitrogen and oxygen atoms in total. The van der Waals surface area contributed by atoms with Gasteiger partial charge in [-0.1, -0.05) is 46.8 Å². The standard InChI is InChI=1S/C16H25NO2S/c1-6-17-15-11(2)10-20(18,19)14-8-7-12(9-13(14)15)16(3,4)5/h7-9,11,15,17H,6,10H2,1-5H3. The second kappa shape index (κ2) is 5.15. The molecule has 0 radical (unpaired) electrons. The molecule has 112 valence electrons. The molecule has 0 amide bonds. The summed E-state index contributed by atoms with van der Waals surface area (Å²) in [6.45, 7) is 11.4. The molecule has 1 aliphatic heterocycles. The van der Waals surface area contributed by atoms with Gasteiger partial charge in [0.25, 0.3) is 0 Å². The highest BCUT2D eigenvalue weighted by Crippen LogP contribution is 2.38. The van der Waals surface area contributed by atoms with Gasteiger partial charge in [0, 0.05) is 6.04 Å². The van der Waals surface area contributed by atoms with Gasteiger partial charge < -0.3 is 5.32 Å². The first-order chi connectivity index (χ1) is 9.16. The number of hydrogen-bond acceptors (Lipinski definition) is 3. The van der Waals surface area contributed by atoms with Crippen LogP contribution in [0.4, 0.5) is 0 Å². The van der Waals surface area contributed by atoms with Crippen molar-refractivity contribution in [3.05, 3.63) is 29.3 Å². The van der Waals surface area contributed by atoms with Crippen LogP contribution in [0, 0.1) is 5.92 Å². The largest absolute Gasteiger partial charge is 0.310 e. The molecular weight excluding hydrogens is 270 g/mol. The van der Waals surface area contributed by atoms with E-state index in [1.807, 2.05) is 13.0 Å². The number of benzene rings is 1. The van der Waals surface area contributed by atoms with Gasteiger partial charge in [-0.3, -0.25) is 0 Å². The van der Waals surface area contributed by atoms with Crippen LogP contribution in [0.15, 0.2) is 23.1 Å². The van der Waals surface area contributed by atoms with Crippen molar-refractivity contribution >= 4 is 9.84 Å². The fourth-order valence-electron chi connectivity index (χ4n) is 2.91. The van der Waals surface area contributed by atoms with Gasteiger partial charge in [0.2, 0.25) is 0 Å². The molecule has 0 fully saturated rings. The Bertz CT molecular complexity index is 599. The van der Waals surface area contributed by atoms with E-state index in [0.29, 0.717) is 4.90 Å². The predicted octanol–water partition coefficient (Wildman–Crippen LogP) is 3.06. The van der Waals surface area contributed by atoms with Crippen molar-refractivity contribution in [1.82, 2.24) is 5.32 Å². The first-order valence-corrected chi connectivity index (χ1v) is 8.92. The molecule has 4 heteroatoms. The van der Waals surface area contributed by atoms with E-state index in [1.54, 1.807) is 6.07 Å². The van der Waals surface area contributed by atoms with Gasteiger partial charge in [-0.2, -0.15) is 0 Å². The molecule has 0 aromatic heterocycles. The fourth-order valence-corrected chi connectivity index (χ4v) is 4.80. The zero-order chi connectivity index (χ0) is 15.1. The maximum Gasteiger partial charge on any atom is 0.179 e. The molecular formula is C16H25NO2S. The monoisotopic (exact) mass is 295 g/mol. The maximum atomic E-state index is 12.4. The summed E-state index contributed by atoms with van der Waals surface area (Å²) in [5.74, 6) is 0.328. The topological polar surface area (TPSA) is 46.2 Å². The van der Waals surface area contributed by atoms with Gasteiger partial charge in [0.1, 0.15) is 0 Å². The van der Waals surface area contributed by atoms with E-state index in [4.69, 9.17) is 0 Å². The minimum absolute atomic E-state index is 0.0240. The van der Waals surface area contributed by atoms with Crippen LogP contribution in [0.1, 0.15) is 51.8 Å². The predicted molar refractivity (Wildman–Crippen MR) is 82.8 cm³/mol. The Balaban J connectivity index is 2.62. The SMILES string of the molecule is CCNC1c2cc(C(C)(C)C)ccc2S(=O)(=O)CC1C. The Morgan fingerprint density at radius 3 is 2.50 bits per heavy atom. The van der Waals surface area contributed by atoms with Gasteiger partial charge >= 0.3 is 0 Å². The third-order valence-electron chi connectivity index (χ3n) is 4.02. The molecule has 0 saturated carbocycles. The van der Waals surface area contributed by atoms with Gasteiger partial charge in [0.15, 0.2) is 9.84 Å². The highest BCUT2D eigenvalue weighted by atomic mass is 32.2. The van der Waals surface area contributed by atoms with Crippen LogP contribution in [0.25, 0.3) is 0 Å². The van der Waals surface area contributed by atoms with Gasteiger partial charge in [0.05, 0.1) is 10.6 Å². The summed E-state index contributed by atoms with van der Waals surface area (Å²) in [7, 11) is -3.14. The molecule has 20 heavy (non-hydrogen) atoms. The van der Waals surface area contributed by atoms with E-state index < -0.39 is 9.84 Å². The molecule has 0 saturated heterocycles. The van der Waals surface area contributed by atoms with E-state index in [-0.39, 0.29) is 23.1 Å². The lowest BCUT2D eigenvalue weighted by atomic mass is 9.84. The second-order valence-electron chi connectivity index (χ2n) is 6.80. The van der Waals surface area contributed by atoms with Crippen LogP contribution in [0.2, 0.25) is 0 Å². The smallest absolute Gasteiger partial charge is 0.179 e. The summed E-state index contributed by atoms with van der Waals surface area (Å²) in [6, 6.07) is 5.95. The van der Waals surface area contributed by atoms with Crippen LogP contribution < -0.4 is 5.32 Å². The van der Waals surface area contributed by atoms with Crippen molar-refractivity contribution in [2.24, 2.45) is 5.92 Å². The Morgan fingerprint density at radius 2 is 1.95 bits per heavy atom. The minimum Gasteiger partial charge on any atom is -0.310 e.